The molecule has 0 unspecified atom stereocenters. The molecule has 0 saturated heterocycles. The first-order chi connectivity index (χ1) is 4.31. The number of nitrogens with zero attached hydrogens (tertiary/aromatic N) is 2. The molecule has 0 fully saturated rings. The molecule has 3 heteroatoms. The Hall–Kier alpha value is -0.590. The highest BCUT2D eigenvalue weighted by Gasteiger charge is 1.92. The second kappa shape index (κ2) is 5.54. The molecule has 0 atom stereocenters. The van der Waals surface area contributed by atoms with Crippen molar-refractivity contribution in [2.24, 2.45) is 0 Å². The smallest absolute Gasteiger partial charge is 0.0656 e. The molecule has 0 aliphatic rings. The molecule has 0 N–H and O–H groups in total. The van der Waals surface area contributed by atoms with Crippen molar-refractivity contribution in [3.8, 4) is 6.07 Å². The molecule has 0 aromatic heterocycles. The van der Waals surface area contributed by atoms with Gasteiger partial charge in [-0.2, -0.15) is 10.3 Å². The minimum Gasteiger partial charge on any atom is -0.300 e. The highest BCUT2D eigenvalue weighted by molar-refractivity contribution is 4.68. The second-order valence-electron chi connectivity index (χ2n) is 1.68. The zero-order valence-electron chi connectivity index (χ0n) is 5.92. The van der Waals surface area contributed by atoms with E-state index >= 15 is 0 Å². The van der Waals surface area contributed by atoms with Gasteiger partial charge in [-0.3, -0.25) is 4.84 Å². The Kier molecular flexibility index (Phi) is 5.18. The van der Waals surface area contributed by atoms with Crippen molar-refractivity contribution in [1.82, 2.24) is 5.06 Å². The van der Waals surface area contributed by atoms with E-state index in [1.807, 2.05) is 20.0 Å². The Morgan fingerprint density at radius 1 is 1.67 bits per heavy atom. The number of hydrogen-bond acceptors (Lipinski definition) is 3. The summed E-state index contributed by atoms with van der Waals surface area (Å²) in [7, 11) is 1.82. The zero-order valence-corrected chi connectivity index (χ0v) is 5.92. The van der Waals surface area contributed by atoms with Crippen LogP contribution in [-0.2, 0) is 4.84 Å². The normalized spacial score (nSPS) is 9.56. The molecule has 0 radical (unpaired) electrons. The largest absolute Gasteiger partial charge is 0.300 e. The summed E-state index contributed by atoms with van der Waals surface area (Å²) < 4.78 is 0. The van der Waals surface area contributed by atoms with E-state index in [-0.39, 0.29) is 0 Å². The SMILES string of the molecule is CCON(C)CCC#N. The zero-order chi connectivity index (χ0) is 7.11. The quantitative estimate of drug-likeness (QED) is 0.525. The van der Waals surface area contributed by atoms with Crippen molar-refractivity contribution in [2.45, 2.75) is 13.3 Å². The molecular weight excluding hydrogens is 116 g/mol. The molecule has 52 valence electrons. The summed E-state index contributed by atoms with van der Waals surface area (Å²) in [6.07, 6.45) is 0.524. The molecule has 0 aromatic carbocycles. The average molecular weight is 128 g/mol. The summed E-state index contributed by atoms with van der Waals surface area (Å²) in [6, 6.07) is 2.04. The van der Waals surface area contributed by atoms with E-state index in [0.29, 0.717) is 19.6 Å². The van der Waals surface area contributed by atoms with E-state index in [0.717, 1.165) is 0 Å². The molecule has 0 heterocycles. The van der Waals surface area contributed by atoms with E-state index in [4.69, 9.17) is 10.1 Å². The molecular formula is C6H12N2O. The van der Waals surface area contributed by atoms with Crippen LogP contribution < -0.4 is 0 Å². The third-order valence-corrected chi connectivity index (χ3v) is 0.888. The fraction of sp³-hybridized carbons (Fsp3) is 0.833. The van der Waals surface area contributed by atoms with E-state index in [2.05, 4.69) is 0 Å². The predicted octanol–water partition coefficient (Wildman–Crippen LogP) is 0.783. The lowest BCUT2D eigenvalue weighted by atomic mass is 10.5. The van der Waals surface area contributed by atoms with Crippen molar-refractivity contribution >= 4 is 0 Å². The van der Waals surface area contributed by atoms with Gasteiger partial charge in [0.2, 0.25) is 0 Å². The molecule has 3 nitrogen and oxygen atoms in total. The lowest BCUT2D eigenvalue weighted by molar-refractivity contribution is -0.132. The van der Waals surface area contributed by atoms with Gasteiger partial charge < -0.3 is 0 Å². The predicted molar refractivity (Wildman–Crippen MR) is 34.5 cm³/mol. The maximum atomic E-state index is 8.15. The van der Waals surface area contributed by atoms with Crippen molar-refractivity contribution in [3.63, 3.8) is 0 Å². The lowest BCUT2D eigenvalue weighted by Crippen LogP contribution is -2.19. The van der Waals surface area contributed by atoms with Crippen LogP contribution >= 0.6 is 0 Å². The summed E-state index contributed by atoms with van der Waals surface area (Å²) in [5, 5.41) is 9.82. The molecule has 0 bridgehead atoms. The topological polar surface area (TPSA) is 36.3 Å². The molecule has 0 aliphatic carbocycles. The van der Waals surface area contributed by atoms with Gasteiger partial charge in [-0.25, -0.2) is 0 Å². The van der Waals surface area contributed by atoms with Crippen LogP contribution in [0.3, 0.4) is 0 Å². The average Bonchev–Trinajstić information content (AvgIpc) is 1.85. The van der Waals surface area contributed by atoms with Crippen LogP contribution in [0.5, 0.6) is 0 Å². The van der Waals surface area contributed by atoms with Crippen LogP contribution in [0.25, 0.3) is 0 Å². The standard InChI is InChI=1S/C6H12N2O/c1-3-9-8(2)6-4-5-7/h3-4,6H2,1-2H3. The summed E-state index contributed by atoms with van der Waals surface area (Å²) in [5.74, 6) is 0. The van der Waals surface area contributed by atoms with Crippen LogP contribution in [0.2, 0.25) is 0 Å². The first-order valence-electron chi connectivity index (χ1n) is 3.02. The molecule has 0 rings (SSSR count). The fourth-order valence-corrected chi connectivity index (χ4v) is 0.492. The maximum Gasteiger partial charge on any atom is 0.0656 e. The van der Waals surface area contributed by atoms with Crippen LogP contribution in [0.4, 0.5) is 0 Å². The maximum absolute atomic E-state index is 8.15. The lowest BCUT2D eigenvalue weighted by Gasteiger charge is -2.12. The van der Waals surface area contributed by atoms with Gasteiger partial charge in [-0.05, 0) is 6.92 Å². The van der Waals surface area contributed by atoms with Crippen LogP contribution in [0, 0.1) is 11.3 Å². The van der Waals surface area contributed by atoms with Gasteiger partial charge >= 0.3 is 0 Å². The highest BCUT2D eigenvalue weighted by atomic mass is 16.7. The summed E-state index contributed by atoms with van der Waals surface area (Å²) in [5.41, 5.74) is 0. The van der Waals surface area contributed by atoms with Crippen molar-refractivity contribution in [3.05, 3.63) is 0 Å². The van der Waals surface area contributed by atoms with Crippen LogP contribution in [0.1, 0.15) is 13.3 Å². The van der Waals surface area contributed by atoms with E-state index < -0.39 is 0 Å². The molecule has 0 spiro atoms. The van der Waals surface area contributed by atoms with Gasteiger partial charge in [0, 0.05) is 13.6 Å². The first kappa shape index (κ1) is 8.41. The summed E-state index contributed by atoms with van der Waals surface area (Å²) >= 11 is 0. The Bertz CT molecular complexity index is 97.7. The summed E-state index contributed by atoms with van der Waals surface area (Å²) in [6.45, 7) is 3.27. The minimum absolute atomic E-state index is 0.524. The monoisotopic (exact) mass is 128 g/mol. The second-order valence-corrected chi connectivity index (χ2v) is 1.68. The van der Waals surface area contributed by atoms with Crippen LogP contribution in [0.15, 0.2) is 0 Å². The molecule has 0 aliphatic heterocycles. The van der Waals surface area contributed by atoms with Crippen LogP contribution in [-0.4, -0.2) is 25.3 Å². The van der Waals surface area contributed by atoms with Crippen molar-refractivity contribution in [2.75, 3.05) is 20.2 Å². The molecule has 0 amide bonds. The third-order valence-electron chi connectivity index (χ3n) is 0.888. The van der Waals surface area contributed by atoms with Gasteiger partial charge in [-0.1, -0.05) is 0 Å². The van der Waals surface area contributed by atoms with E-state index in [1.165, 1.54) is 0 Å². The Balaban J connectivity index is 3.07. The highest BCUT2D eigenvalue weighted by Crippen LogP contribution is 1.85. The first-order valence-corrected chi connectivity index (χ1v) is 3.02. The number of rotatable bonds is 4. The Labute approximate surface area is 55.8 Å². The number of nitriles is 1. The van der Waals surface area contributed by atoms with E-state index in [1.54, 1.807) is 5.06 Å². The van der Waals surface area contributed by atoms with Gasteiger partial charge in [0.1, 0.15) is 0 Å². The Morgan fingerprint density at radius 3 is 2.78 bits per heavy atom. The minimum atomic E-state index is 0.524. The van der Waals surface area contributed by atoms with Gasteiger partial charge in [-0.15, -0.1) is 0 Å². The molecule has 0 aromatic rings. The van der Waals surface area contributed by atoms with Gasteiger partial charge in [0.25, 0.3) is 0 Å². The van der Waals surface area contributed by atoms with Gasteiger partial charge in [0.05, 0.1) is 19.1 Å². The van der Waals surface area contributed by atoms with Crippen molar-refractivity contribution in [1.29, 1.82) is 5.26 Å². The number of hydrogen-bond donors (Lipinski definition) is 0. The summed E-state index contributed by atoms with van der Waals surface area (Å²) in [4.78, 5) is 5.03. The third kappa shape index (κ3) is 5.28. The molecule has 0 saturated carbocycles. The fourth-order valence-electron chi connectivity index (χ4n) is 0.492. The van der Waals surface area contributed by atoms with Gasteiger partial charge in [0.15, 0.2) is 0 Å². The molecule has 9 heavy (non-hydrogen) atoms. The number of hydroxylamine groups is 2. The Morgan fingerprint density at radius 2 is 2.33 bits per heavy atom. The van der Waals surface area contributed by atoms with Crippen molar-refractivity contribution < 1.29 is 4.84 Å². The van der Waals surface area contributed by atoms with E-state index in [9.17, 15) is 0 Å².